The second-order valence-corrected chi connectivity index (χ2v) is 6.11. The highest BCUT2D eigenvalue weighted by molar-refractivity contribution is 4.87. The largest absolute Gasteiger partial charge is 0.338 e. The van der Waals surface area contributed by atoms with E-state index in [0.29, 0.717) is 5.92 Å². The first-order valence-electron chi connectivity index (χ1n) is 7.34. The van der Waals surface area contributed by atoms with Crippen LogP contribution in [0.2, 0.25) is 0 Å². The van der Waals surface area contributed by atoms with E-state index < -0.39 is 0 Å². The standard InChI is InChI=1S/C14H26N4O/c1-11(2)7-13-16-14(19-17-13)10-18(3)9-12-5-4-6-15-8-12/h11-12,15H,4-10H2,1-3H3. The summed E-state index contributed by atoms with van der Waals surface area (Å²) in [6, 6.07) is 0. The van der Waals surface area contributed by atoms with Gasteiger partial charge in [-0.1, -0.05) is 19.0 Å². The molecule has 5 nitrogen and oxygen atoms in total. The molecule has 0 aromatic carbocycles. The van der Waals surface area contributed by atoms with Gasteiger partial charge in [0.15, 0.2) is 5.82 Å². The van der Waals surface area contributed by atoms with Crippen molar-refractivity contribution in [2.24, 2.45) is 11.8 Å². The summed E-state index contributed by atoms with van der Waals surface area (Å²) in [4.78, 5) is 6.73. The third-order valence-corrected chi connectivity index (χ3v) is 3.47. The maximum absolute atomic E-state index is 5.31. The quantitative estimate of drug-likeness (QED) is 0.849. The molecule has 1 aliphatic rings. The Morgan fingerprint density at radius 3 is 3.00 bits per heavy atom. The van der Waals surface area contributed by atoms with Gasteiger partial charge >= 0.3 is 0 Å². The molecule has 1 saturated heterocycles. The van der Waals surface area contributed by atoms with Crippen LogP contribution in [0.25, 0.3) is 0 Å². The van der Waals surface area contributed by atoms with Gasteiger partial charge in [-0.2, -0.15) is 4.98 Å². The van der Waals surface area contributed by atoms with Gasteiger partial charge in [0.25, 0.3) is 0 Å². The maximum atomic E-state index is 5.31. The fourth-order valence-electron chi connectivity index (χ4n) is 2.62. The Bertz CT molecular complexity index is 371. The van der Waals surface area contributed by atoms with Crippen LogP contribution in [-0.2, 0) is 13.0 Å². The summed E-state index contributed by atoms with van der Waals surface area (Å²) in [5.41, 5.74) is 0. The number of hydrogen-bond acceptors (Lipinski definition) is 5. The molecule has 2 heterocycles. The van der Waals surface area contributed by atoms with Gasteiger partial charge in [-0.3, -0.25) is 4.90 Å². The maximum Gasteiger partial charge on any atom is 0.240 e. The molecule has 19 heavy (non-hydrogen) atoms. The van der Waals surface area contributed by atoms with Gasteiger partial charge in [-0.05, 0) is 44.8 Å². The van der Waals surface area contributed by atoms with Crippen LogP contribution in [0.1, 0.15) is 38.4 Å². The van der Waals surface area contributed by atoms with Crippen LogP contribution in [0, 0.1) is 11.8 Å². The Morgan fingerprint density at radius 1 is 1.47 bits per heavy atom. The highest BCUT2D eigenvalue weighted by atomic mass is 16.5. The lowest BCUT2D eigenvalue weighted by Gasteiger charge is -2.26. The van der Waals surface area contributed by atoms with Crippen LogP contribution in [-0.4, -0.2) is 41.7 Å². The number of hydrogen-bond donors (Lipinski definition) is 1. The van der Waals surface area contributed by atoms with Crippen molar-refractivity contribution >= 4 is 0 Å². The summed E-state index contributed by atoms with van der Waals surface area (Å²) in [6.07, 6.45) is 3.50. The van der Waals surface area contributed by atoms with Gasteiger partial charge in [-0.15, -0.1) is 0 Å². The van der Waals surface area contributed by atoms with E-state index in [2.05, 4.69) is 41.3 Å². The number of aromatic nitrogens is 2. The lowest BCUT2D eigenvalue weighted by Crippen LogP contribution is -2.36. The first-order valence-corrected chi connectivity index (χ1v) is 7.34. The Hall–Kier alpha value is -0.940. The molecular formula is C14H26N4O. The van der Waals surface area contributed by atoms with E-state index in [9.17, 15) is 0 Å². The van der Waals surface area contributed by atoms with Crippen molar-refractivity contribution in [2.45, 2.75) is 39.7 Å². The molecule has 5 heteroatoms. The van der Waals surface area contributed by atoms with Crippen molar-refractivity contribution in [1.29, 1.82) is 0 Å². The van der Waals surface area contributed by atoms with E-state index in [1.54, 1.807) is 0 Å². The molecule has 2 rings (SSSR count). The van der Waals surface area contributed by atoms with Gasteiger partial charge in [-0.25, -0.2) is 0 Å². The summed E-state index contributed by atoms with van der Waals surface area (Å²) in [7, 11) is 2.13. The molecule has 1 atom stereocenters. The zero-order valence-corrected chi connectivity index (χ0v) is 12.4. The van der Waals surface area contributed by atoms with Gasteiger partial charge < -0.3 is 9.84 Å². The van der Waals surface area contributed by atoms with Crippen LogP contribution in [0.5, 0.6) is 0 Å². The van der Waals surface area contributed by atoms with Crippen LogP contribution in [0.15, 0.2) is 4.52 Å². The van der Waals surface area contributed by atoms with Crippen molar-refractivity contribution in [3.8, 4) is 0 Å². The first-order chi connectivity index (χ1) is 9.13. The second kappa shape index (κ2) is 7.01. The highest BCUT2D eigenvalue weighted by Gasteiger charge is 2.16. The van der Waals surface area contributed by atoms with Crippen molar-refractivity contribution < 1.29 is 4.52 Å². The topological polar surface area (TPSA) is 54.2 Å². The molecule has 0 saturated carbocycles. The van der Waals surface area contributed by atoms with Crippen molar-refractivity contribution in [1.82, 2.24) is 20.4 Å². The molecule has 0 amide bonds. The number of nitrogens with one attached hydrogen (secondary N) is 1. The van der Waals surface area contributed by atoms with Crippen molar-refractivity contribution in [2.75, 3.05) is 26.7 Å². The Balaban J connectivity index is 1.77. The molecule has 1 fully saturated rings. The van der Waals surface area contributed by atoms with Gasteiger partial charge in [0.2, 0.25) is 5.89 Å². The highest BCUT2D eigenvalue weighted by Crippen LogP contribution is 2.12. The van der Waals surface area contributed by atoms with E-state index >= 15 is 0 Å². The van der Waals surface area contributed by atoms with Gasteiger partial charge in [0.05, 0.1) is 6.54 Å². The minimum atomic E-state index is 0.566. The van der Waals surface area contributed by atoms with Crippen LogP contribution in [0.4, 0.5) is 0 Å². The third-order valence-electron chi connectivity index (χ3n) is 3.47. The van der Waals surface area contributed by atoms with E-state index in [-0.39, 0.29) is 0 Å². The first kappa shape index (κ1) is 14.5. The molecule has 0 spiro atoms. The molecule has 0 aliphatic carbocycles. The lowest BCUT2D eigenvalue weighted by molar-refractivity contribution is 0.212. The summed E-state index contributed by atoms with van der Waals surface area (Å²) >= 11 is 0. The Kier molecular flexibility index (Phi) is 5.34. The minimum Gasteiger partial charge on any atom is -0.338 e. The summed E-state index contributed by atoms with van der Waals surface area (Å²) in [5.74, 6) is 2.88. The number of rotatable bonds is 6. The molecule has 0 radical (unpaired) electrons. The molecule has 1 N–H and O–H groups in total. The molecule has 1 aromatic heterocycles. The third kappa shape index (κ3) is 4.91. The summed E-state index contributed by atoms with van der Waals surface area (Å²) < 4.78 is 5.31. The van der Waals surface area contributed by atoms with Crippen molar-refractivity contribution in [3.05, 3.63) is 11.7 Å². The lowest BCUT2D eigenvalue weighted by atomic mass is 9.99. The fraction of sp³-hybridized carbons (Fsp3) is 0.857. The average molecular weight is 266 g/mol. The monoisotopic (exact) mass is 266 g/mol. The molecule has 1 unspecified atom stereocenters. The molecule has 0 bridgehead atoms. The predicted molar refractivity (Wildman–Crippen MR) is 74.8 cm³/mol. The number of piperidine rings is 1. The van der Waals surface area contributed by atoms with Crippen LogP contribution < -0.4 is 5.32 Å². The summed E-state index contributed by atoms with van der Waals surface area (Å²) in [6.45, 7) is 8.47. The Labute approximate surface area is 115 Å². The van der Waals surface area contributed by atoms with E-state index in [1.807, 2.05) is 0 Å². The van der Waals surface area contributed by atoms with Crippen LogP contribution in [0.3, 0.4) is 0 Å². The average Bonchev–Trinajstić information content (AvgIpc) is 2.76. The molecule has 108 valence electrons. The normalized spacial score (nSPS) is 20.4. The van der Waals surface area contributed by atoms with Gasteiger partial charge in [0.1, 0.15) is 0 Å². The Morgan fingerprint density at radius 2 is 2.32 bits per heavy atom. The van der Waals surface area contributed by atoms with E-state index in [0.717, 1.165) is 43.7 Å². The summed E-state index contributed by atoms with van der Waals surface area (Å²) in [5, 5.41) is 7.48. The molecular weight excluding hydrogens is 240 g/mol. The zero-order valence-electron chi connectivity index (χ0n) is 12.4. The van der Waals surface area contributed by atoms with Gasteiger partial charge in [0, 0.05) is 13.0 Å². The van der Waals surface area contributed by atoms with E-state index in [4.69, 9.17) is 4.52 Å². The van der Waals surface area contributed by atoms with Crippen LogP contribution >= 0.6 is 0 Å². The number of nitrogens with zero attached hydrogens (tertiary/aromatic N) is 3. The van der Waals surface area contributed by atoms with E-state index in [1.165, 1.54) is 19.4 Å². The molecule has 1 aliphatic heterocycles. The molecule has 1 aromatic rings. The minimum absolute atomic E-state index is 0.566. The fourth-order valence-corrected chi connectivity index (χ4v) is 2.62. The smallest absolute Gasteiger partial charge is 0.240 e. The zero-order chi connectivity index (χ0) is 13.7. The second-order valence-electron chi connectivity index (χ2n) is 6.11. The predicted octanol–water partition coefficient (Wildman–Crippen LogP) is 1.70. The van der Waals surface area contributed by atoms with Crippen molar-refractivity contribution in [3.63, 3.8) is 0 Å². The SMILES string of the molecule is CC(C)Cc1noc(CN(C)CC2CCCNC2)n1.